The number of aliphatic hydroxyl groups is 2. The normalized spacial score (nSPS) is 15.5. The molecule has 0 spiro atoms. The summed E-state index contributed by atoms with van der Waals surface area (Å²) >= 11 is 0. The SMILES string of the molecule is COc1ccccc1CC(O)(CN(CC(O)(Cc1ccccc1OC)C(c1ccccc1OC)c1cccc2ccccc12)C(=O)C1(C(N)=O)CCC1)C(c1ccccc1OC)c1cccc2ccccc12. The van der Waals surface area contributed by atoms with Crippen LogP contribution in [-0.2, 0) is 22.4 Å². The van der Waals surface area contributed by atoms with Gasteiger partial charge in [-0.05, 0) is 80.9 Å². The highest BCUT2D eigenvalue weighted by atomic mass is 16.5. The molecule has 4 N–H and O–H groups in total. The first-order chi connectivity index (χ1) is 35.0. The lowest BCUT2D eigenvalue weighted by molar-refractivity contribution is -0.162. The zero-order valence-corrected chi connectivity index (χ0v) is 41.3. The Balaban J connectivity index is 1.35. The number of carbonyl (C=O) groups excluding carboxylic acids is 2. The number of benzene rings is 8. The summed E-state index contributed by atoms with van der Waals surface area (Å²) in [5.74, 6) is -0.982. The number of rotatable bonds is 20. The Bertz CT molecular complexity index is 3020. The molecule has 0 heterocycles. The minimum Gasteiger partial charge on any atom is -0.496 e. The first kappa shape index (κ1) is 49.3. The second-order valence-corrected chi connectivity index (χ2v) is 19.1. The van der Waals surface area contributed by atoms with E-state index in [0.717, 1.165) is 32.7 Å². The monoisotopic (exact) mass is 962 g/mol. The van der Waals surface area contributed by atoms with Crippen molar-refractivity contribution in [2.24, 2.45) is 11.1 Å². The zero-order valence-electron chi connectivity index (χ0n) is 41.3. The van der Waals surface area contributed by atoms with Crippen LogP contribution in [0.15, 0.2) is 182 Å². The minimum absolute atomic E-state index is 0.0412. The fraction of sp³-hybridized carbons (Fsp3) is 0.258. The van der Waals surface area contributed by atoms with Crippen molar-refractivity contribution in [3.63, 3.8) is 0 Å². The third-order valence-corrected chi connectivity index (χ3v) is 14.9. The predicted octanol–water partition coefficient (Wildman–Crippen LogP) is 10.4. The maximum atomic E-state index is 16.2. The Morgan fingerprint density at radius 1 is 0.500 bits per heavy atom. The lowest BCUT2D eigenvalue weighted by Crippen LogP contribution is -2.62. The van der Waals surface area contributed by atoms with Gasteiger partial charge < -0.3 is 39.8 Å². The molecule has 1 aliphatic carbocycles. The van der Waals surface area contributed by atoms with Gasteiger partial charge in [0.05, 0.1) is 52.7 Å². The highest BCUT2D eigenvalue weighted by molar-refractivity contribution is 6.05. The van der Waals surface area contributed by atoms with Crippen LogP contribution in [0.2, 0.25) is 0 Å². The van der Waals surface area contributed by atoms with Crippen molar-refractivity contribution in [1.29, 1.82) is 0 Å². The molecule has 9 rings (SSSR count). The van der Waals surface area contributed by atoms with E-state index < -0.39 is 40.3 Å². The van der Waals surface area contributed by atoms with E-state index in [0.29, 0.717) is 51.7 Å². The van der Waals surface area contributed by atoms with Gasteiger partial charge in [0.2, 0.25) is 11.8 Å². The van der Waals surface area contributed by atoms with Gasteiger partial charge in [-0.15, -0.1) is 0 Å². The molecule has 368 valence electrons. The predicted molar refractivity (Wildman–Crippen MR) is 283 cm³/mol. The Morgan fingerprint density at radius 2 is 0.847 bits per heavy atom. The molecule has 0 aliphatic heterocycles. The molecule has 1 aliphatic rings. The average Bonchev–Trinajstić information content (AvgIpc) is 3.39. The van der Waals surface area contributed by atoms with Gasteiger partial charge in [0.25, 0.3) is 0 Å². The van der Waals surface area contributed by atoms with Gasteiger partial charge in [-0.1, -0.05) is 164 Å². The summed E-state index contributed by atoms with van der Waals surface area (Å²) in [5.41, 5.74) is 5.11. The molecule has 2 amide bonds. The van der Waals surface area contributed by atoms with E-state index in [1.807, 2.05) is 182 Å². The first-order valence-corrected chi connectivity index (χ1v) is 24.5. The molecule has 0 saturated heterocycles. The van der Waals surface area contributed by atoms with Crippen LogP contribution in [0.3, 0.4) is 0 Å². The standard InChI is InChI=1S/C62H62N2O8/c1-69-52-32-13-7-22-44(52)38-61(67,56(50-28-11-15-34-54(50)71-3)48-30-17-24-42-20-5-9-26-46(42)48)40-64(59(66)60(58(63)65)36-19-37-60)41-62(68,39-45-23-8-14-33-53(45)70-2)57(51-29-12-16-35-55(51)72-4)49-31-18-25-43-21-6-10-27-47(43)49/h5-18,20-35,56-57,67-68H,19,36-41H2,1-4H3,(H2,63,65). The summed E-state index contributed by atoms with van der Waals surface area (Å²) in [7, 11) is 6.38. The zero-order chi connectivity index (χ0) is 50.5. The fourth-order valence-electron chi connectivity index (χ4n) is 11.4. The molecule has 4 atom stereocenters. The van der Waals surface area contributed by atoms with Crippen LogP contribution in [0, 0.1) is 5.41 Å². The Morgan fingerprint density at radius 3 is 1.24 bits per heavy atom. The van der Waals surface area contributed by atoms with Crippen LogP contribution in [0.4, 0.5) is 0 Å². The lowest BCUT2D eigenvalue weighted by Gasteiger charge is -2.49. The summed E-state index contributed by atoms with van der Waals surface area (Å²) in [6, 6.07) is 58.3. The van der Waals surface area contributed by atoms with Crippen molar-refractivity contribution in [2.45, 2.75) is 55.1 Å². The number of nitrogens with two attached hydrogens (primary N) is 1. The summed E-state index contributed by atoms with van der Waals surface area (Å²) in [6.45, 7) is -0.763. The van der Waals surface area contributed by atoms with Gasteiger partial charge in [0.15, 0.2) is 0 Å². The maximum absolute atomic E-state index is 16.2. The Labute approximate surface area is 421 Å². The summed E-state index contributed by atoms with van der Waals surface area (Å²) in [6.07, 6.45) is 0.943. The fourth-order valence-corrected chi connectivity index (χ4v) is 11.4. The number of carbonyl (C=O) groups is 2. The van der Waals surface area contributed by atoms with Gasteiger partial charge in [-0.2, -0.15) is 0 Å². The third-order valence-electron chi connectivity index (χ3n) is 14.9. The number of primary amides is 1. The van der Waals surface area contributed by atoms with Gasteiger partial charge >= 0.3 is 0 Å². The molecule has 8 aromatic carbocycles. The summed E-state index contributed by atoms with van der Waals surface area (Å²) in [4.78, 5) is 31.6. The summed E-state index contributed by atoms with van der Waals surface area (Å²) in [5, 5.41) is 32.8. The Hall–Kier alpha value is -7.66. The van der Waals surface area contributed by atoms with E-state index in [1.54, 1.807) is 28.4 Å². The number of para-hydroxylation sites is 4. The molecule has 0 aromatic heterocycles. The van der Waals surface area contributed by atoms with Crippen molar-refractivity contribution in [2.75, 3.05) is 41.5 Å². The topological polar surface area (TPSA) is 141 Å². The Kier molecular flexibility index (Phi) is 14.4. The van der Waals surface area contributed by atoms with Crippen LogP contribution in [0.1, 0.15) is 64.5 Å². The molecule has 0 bridgehead atoms. The van der Waals surface area contributed by atoms with Crippen LogP contribution in [-0.4, -0.2) is 79.7 Å². The smallest absolute Gasteiger partial charge is 0.238 e. The van der Waals surface area contributed by atoms with Gasteiger partial charge in [-0.3, -0.25) is 9.59 Å². The highest BCUT2D eigenvalue weighted by Gasteiger charge is 2.55. The number of methoxy groups -OCH3 is 4. The van der Waals surface area contributed by atoms with E-state index >= 15 is 4.79 Å². The van der Waals surface area contributed by atoms with Crippen molar-refractivity contribution in [1.82, 2.24) is 4.90 Å². The molecule has 10 nitrogen and oxygen atoms in total. The number of fused-ring (bicyclic) bond motifs is 2. The number of nitrogens with zero attached hydrogens (tertiary/aromatic N) is 1. The largest absolute Gasteiger partial charge is 0.496 e. The minimum atomic E-state index is -1.93. The van der Waals surface area contributed by atoms with Crippen molar-refractivity contribution in [3.8, 4) is 23.0 Å². The van der Waals surface area contributed by atoms with E-state index in [-0.39, 0.29) is 38.8 Å². The molecule has 10 heteroatoms. The molecule has 4 unspecified atom stereocenters. The van der Waals surface area contributed by atoms with E-state index in [9.17, 15) is 15.0 Å². The quantitative estimate of drug-likeness (QED) is 0.0642. The molecule has 1 fully saturated rings. The van der Waals surface area contributed by atoms with Crippen molar-refractivity contribution >= 4 is 33.4 Å². The van der Waals surface area contributed by atoms with E-state index in [2.05, 4.69) is 0 Å². The third kappa shape index (κ3) is 9.36. The molecule has 72 heavy (non-hydrogen) atoms. The molecule has 0 radical (unpaired) electrons. The highest BCUT2D eigenvalue weighted by Crippen LogP contribution is 2.50. The maximum Gasteiger partial charge on any atom is 0.238 e. The van der Waals surface area contributed by atoms with Crippen molar-refractivity contribution < 1.29 is 38.7 Å². The second kappa shape index (κ2) is 21.0. The van der Waals surface area contributed by atoms with Gasteiger partial charge in [0.1, 0.15) is 28.4 Å². The molecular weight excluding hydrogens is 901 g/mol. The number of ether oxygens (including phenoxy) is 4. The first-order valence-electron chi connectivity index (χ1n) is 24.5. The van der Waals surface area contributed by atoms with E-state index in [1.165, 1.54) is 4.90 Å². The number of hydrogen-bond acceptors (Lipinski definition) is 8. The number of amides is 2. The van der Waals surface area contributed by atoms with Crippen LogP contribution >= 0.6 is 0 Å². The van der Waals surface area contributed by atoms with E-state index in [4.69, 9.17) is 24.7 Å². The van der Waals surface area contributed by atoms with Crippen LogP contribution in [0.5, 0.6) is 23.0 Å². The lowest BCUT2D eigenvalue weighted by atomic mass is 9.66. The summed E-state index contributed by atoms with van der Waals surface area (Å²) < 4.78 is 24.2. The van der Waals surface area contributed by atoms with Gasteiger partial charge in [0, 0.05) is 35.8 Å². The number of hydrogen-bond donors (Lipinski definition) is 3. The average molecular weight is 963 g/mol. The molecular formula is C62H62N2O8. The van der Waals surface area contributed by atoms with Crippen LogP contribution in [0.25, 0.3) is 21.5 Å². The van der Waals surface area contributed by atoms with Gasteiger partial charge in [-0.25, -0.2) is 0 Å². The van der Waals surface area contributed by atoms with Crippen LogP contribution < -0.4 is 24.7 Å². The second-order valence-electron chi connectivity index (χ2n) is 19.1. The molecule has 8 aromatic rings. The van der Waals surface area contributed by atoms with Crippen molar-refractivity contribution in [3.05, 3.63) is 215 Å². The molecule has 1 saturated carbocycles.